The topological polar surface area (TPSA) is 76.7 Å². The lowest BCUT2D eigenvalue weighted by Gasteiger charge is -2.09. The number of halogens is 2. The van der Waals surface area contributed by atoms with Crippen LogP contribution in [0.5, 0.6) is 11.5 Å². The number of carbonyl (C=O) groups excluding carboxylic acids is 2. The van der Waals surface area contributed by atoms with Crippen LogP contribution in [0.2, 0.25) is 10.0 Å². The molecule has 0 atom stereocenters. The van der Waals surface area contributed by atoms with Crippen molar-refractivity contribution < 1.29 is 19.1 Å². The quantitative estimate of drug-likeness (QED) is 0.600. The fourth-order valence-corrected chi connectivity index (χ4v) is 2.52. The van der Waals surface area contributed by atoms with Crippen LogP contribution in [-0.4, -0.2) is 26.0 Å². The molecule has 0 aromatic heterocycles. The second-order valence-electron chi connectivity index (χ2n) is 5.01. The van der Waals surface area contributed by atoms with Crippen molar-refractivity contribution in [3.8, 4) is 11.5 Å². The molecule has 2 N–H and O–H groups in total. The lowest BCUT2D eigenvalue weighted by atomic mass is 10.2. The molecule has 2 amide bonds. The van der Waals surface area contributed by atoms with Gasteiger partial charge in [-0.2, -0.15) is 0 Å². The van der Waals surface area contributed by atoms with E-state index in [4.69, 9.17) is 32.7 Å². The van der Waals surface area contributed by atoms with Crippen molar-refractivity contribution in [2.75, 3.05) is 14.2 Å². The van der Waals surface area contributed by atoms with E-state index in [0.717, 1.165) is 0 Å². The van der Waals surface area contributed by atoms with Gasteiger partial charge in [-0.15, -0.1) is 0 Å². The van der Waals surface area contributed by atoms with E-state index in [1.54, 1.807) is 24.3 Å². The Kier molecular flexibility index (Phi) is 6.89. The minimum atomic E-state index is -0.552. The van der Waals surface area contributed by atoms with Gasteiger partial charge in [-0.3, -0.25) is 20.4 Å². The van der Waals surface area contributed by atoms with Gasteiger partial charge in [-0.1, -0.05) is 29.3 Å². The molecular formula is C18H16Cl2N2O4. The first-order valence-corrected chi connectivity index (χ1v) is 8.15. The smallest absolute Gasteiger partial charge is 0.269 e. The van der Waals surface area contributed by atoms with Crippen LogP contribution in [0.25, 0.3) is 6.08 Å². The Bertz CT molecular complexity index is 811. The lowest BCUT2D eigenvalue weighted by Crippen LogP contribution is -2.40. The molecule has 26 heavy (non-hydrogen) atoms. The molecule has 2 aromatic carbocycles. The summed E-state index contributed by atoms with van der Waals surface area (Å²) in [5, 5.41) is 0.822. The highest BCUT2D eigenvalue weighted by molar-refractivity contribution is 6.37. The summed E-state index contributed by atoms with van der Waals surface area (Å²) in [6, 6.07) is 9.68. The van der Waals surface area contributed by atoms with E-state index in [-0.39, 0.29) is 5.56 Å². The molecule has 8 heteroatoms. The predicted molar refractivity (Wildman–Crippen MR) is 101 cm³/mol. The number of ether oxygens (including phenoxy) is 2. The Morgan fingerprint density at radius 3 is 2.08 bits per heavy atom. The molecule has 0 saturated heterocycles. The molecule has 6 nitrogen and oxygen atoms in total. The van der Waals surface area contributed by atoms with E-state index in [9.17, 15) is 9.59 Å². The highest BCUT2D eigenvalue weighted by Crippen LogP contribution is 2.25. The molecule has 0 radical (unpaired) electrons. The molecule has 0 unspecified atom stereocenters. The number of benzene rings is 2. The summed E-state index contributed by atoms with van der Waals surface area (Å²) in [7, 11) is 2.95. The summed E-state index contributed by atoms with van der Waals surface area (Å²) in [6.45, 7) is 0. The van der Waals surface area contributed by atoms with Crippen molar-refractivity contribution in [1.82, 2.24) is 10.9 Å². The second kappa shape index (κ2) is 9.12. The molecule has 0 bridgehead atoms. The third-order valence-corrected chi connectivity index (χ3v) is 3.97. The summed E-state index contributed by atoms with van der Waals surface area (Å²) in [4.78, 5) is 24.0. The summed E-state index contributed by atoms with van der Waals surface area (Å²) in [5.41, 5.74) is 5.34. The third kappa shape index (κ3) is 5.15. The highest BCUT2D eigenvalue weighted by Gasteiger charge is 2.10. The zero-order valence-corrected chi connectivity index (χ0v) is 15.5. The Morgan fingerprint density at radius 2 is 1.54 bits per heavy atom. The number of carbonyl (C=O) groups is 2. The van der Waals surface area contributed by atoms with Gasteiger partial charge in [0.1, 0.15) is 11.5 Å². The van der Waals surface area contributed by atoms with Crippen molar-refractivity contribution >= 4 is 41.1 Å². The van der Waals surface area contributed by atoms with Crippen molar-refractivity contribution in [2.24, 2.45) is 0 Å². The molecule has 136 valence electrons. The van der Waals surface area contributed by atoms with Crippen LogP contribution in [-0.2, 0) is 4.79 Å². The first-order chi connectivity index (χ1) is 12.4. The molecule has 0 aliphatic rings. The SMILES string of the molecule is COc1cc(OC)cc(C(=O)NNC(=O)/C=C/c2c(Cl)cccc2Cl)c1. The largest absolute Gasteiger partial charge is 0.497 e. The van der Waals surface area contributed by atoms with E-state index in [1.807, 2.05) is 0 Å². The van der Waals surface area contributed by atoms with E-state index in [2.05, 4.69) is 10.9 Å². The Morgan fingerprint density at radius 1 is 0.962 bits per heavy atom. The van der Waals surface area contributed by atoms with Crippen LogP contribution >= 0.6 is 23.2 Å². The lowest BCUT2D eigenvalue weighted by molar-refractivity contribution is -0.117. The maximum absolute atomic E-state index is 12.2. The highest BCUT2D eigenvalue weighted by atomic mass is 35.5. The monoisotopic (exact) mass is 394 g/mol. The fourth-order valence-electron chi connectivity index (χ4n) is 2.00. The first-order valence-electron chi connectivity index (χ1n) is 7.40. The van der Waals surface area contributed by atoms with Crippen LogP contribution in [0.1, 0.15) is 15.9 Å². The minimum absolute atomic E-state index is 0.264. The molecule has 0 fully saturated rings. The number of hydrazine groups is 1. The average Bonchev–Trinajstić information content (AvgIpc) is 2.65. The van der Waals surface area contributed by atoms with Crippen molar-refractivity contribution in [3.05, 3.63) is 63.6 Å². The number of amides is 2. The third-order valence-electron chi connectivity index (χ3n) is 3.31. The van der Waals surface area contributed by atoms with Gasteiger partial charge in [-0.25, -0.2) is 0 Å². The van der Waals surface area contributed by atoms with Gasteiger partial charge in [0.15, 0.2) is 0 Å². The zero-order valence-electron chi connectivity index (χ0n) is 14.0. The molecule has 2 rings (SSSR count). The van der Waals surface area contributed by atoms with Gasteiger partial charge in [0.25, 0.3) is 11.8 Å². The van der Waals surface area contributed by atoms with Crippen LogP contribution in [0.4, 0.5) is 0 Å². The Labute approximate surface area is 160 Å². The number of nitrogens with one attached hydrogen (secondary N) is 2. The van der Waals surface area contributed by atoms with E-state index >= 15 is 0 Å². The molecule has 2 aromatic rings. The maximum atomic E-state index is 12.2. The van der Waals surface area contributed by atoms with Crippen molar-refractivity contribution in [2.45, 2.75) is 0 Å². The Balaban J connectivity index is 2.01. The van der Waals surface area contributed by atoms with Gasteiger partial charge in [0.2, 0.25) is 0 Å². The summed E-state index contributed by atoms with van der Waals surface area (Å²) in [5.74, 6) is -0.174. The van der Waals surface area contributed by atoms with Gasteiger partial charge in [0.05, 0.1) is 14.2 Å². The van der Waals surface area contributed by atoms with Crippen LogP contribution < -0.4 is 20.3 Å². The molecule has 0 heterocycles. The summed E-state index contributed by atoms with van der Waals surface area (Å²) >= 11 is 12.0. The normalized spacial score (nSPS) is 10.5. The number of methoxy groups -OCH3 is 2. The molecule has 0 aliphatic carbocycles. The van der Waals surface area contributed by atoms with Crippen molar-refractivity contribution in [3.63, 3.8) is 0 Å². The van der Waals surface area contributed by atoms with E-state index < -0.39 is 11.8 Å². The second-order valence-corrected chi connectivity index (χ2v) is 5.83. The van der Waals surface area contributed by atoms with Crippen LogP contribution in [0.3, 0.4) is 0 Å². The standard InChI is InChI=1S/C18H16Cl2N2O4/c1-25-12-8-11(9-13(10-12)26-2)18(24)22-21-17(23)7-6-14-15(19)4-3-5-16(14)20/h3-10H,1-2H3,(H,21,23)(H,22,24)/b7-6+. The minimum Gasteiger partial charge on any atom is -0.497 e. The maximum Gasteiger partial charge on any atom is 0.269 e. The van der Waals surface area contributed by atoms with E-state index in [1.165, 1.54) is 38.5 Å². The summed E-state index contributed by atoms with van der Waals surface area (Å²) in [6.07, 6.45) is 2.67. The molecular weight excluding hydrogens is 379 g/mol. The molecule has 0 spiro atoms. The van der Waals surface area contributed by atoms with Gasteiger partial charge < -0.3 is 9.47 Å². The van der Waals surface area contributed by atoms with Crippen molar-refractivity contribution in [1.29, 1.82) is 0 Å². The Hall–Kier alpha value is -2.70. The fraction of sp³-hybridized carbons (Fsp3) is 0.111. The van der Waals surface area contributed by atoms with Crippen LogP contribution in [0.15, 0.2) is 42.5 Å². The summed E-state index contributed by atoms with van der Waals surface area (Å²) < 4.78 is 10.2. The van der Waals surface area contributed by atoms with Gasteiger partial charge >= 0.3 is 0 Å². The molecule has 0 saturated carbocycles. The number of rotatable bonds is 5. The number of hydrogen-bond donors (Lipinski definition) is 2. The van der Waals surface area contributed by atoms with E-state index in [0.29, 0.717) is 27.1 Å². The predicted octanol–water partition coefficient (Wildman–Crippen LogP) is 3.49. The first kappa shape index (κ1) is 19.6. The van der Waals surface area contributed by atoms with Gasteiger partial charge in [-0.05, 0) is 30.3 Å². The van der Waals surface area contributed by atoms with Gasteiger partial charge in [0, 0.05) is 33.3 Å². The zero-order chi connectivity index (χ0) is 19.1. The average molecular weight is 395 g/mol. The number of hydrogen-bond acceptors (Lipinski definition) is 4. The van der Waals surface area contributed by atoms with Crippen LogP contribution in [0, 0.1) is 0 Å². The molecule has 0 aliphatic heterocycles.